The molecule has 116 valence electrons. The quantitative estimate of drug-likeness (QED) is 0.911. The van der Waals surface area contributed by atoms with Crippen LogP contribution in [0.3, 0.4) is 0 Å². The minimum Gasteiger partial charge on any atom is -0.370 e. The summed E-state index contributed by atoms with van der Waals surface area (Å²) in [7, 11) is 0. The fourth-order valence-corrected chi connectivity index (χ4v) is 3.57. The summed E-state index contributed by atoms with van der Waals surface area (Å²) in [6, 6.07) is 2.18. The molecule has 2 aliphatic rings. The third-order valence-corrected chi connectivity index (χ3v) is 4.75. The summed E-state index contributed by atoms with van der Waals surface area (Å²) in [6.45, 7) is 5.27. The Morgan fingerprint density at radius 2 is 1.76 bits per heavy atom. The lowest BCUT2D eigenvalue weighted by molar-refractivity contribution is 0.683. The van der Waals surface area contributed by atoms with Crippen LogP contribution in [0, 0.1) is 0 Å². The Kier molecular flexibility index (Phi) is 4.94. The van der Waals surface area contributed by atoms with E-state index in [4.69, 9.17) is 9.97 Å². The predicted octanol–water partition coefficient (Wildman–Crippen LogP) is 3.95. The summed E-state index contributed by atoms with van der Waals surface area (Å²) < 4.78 is 0. The lowest BCUT2D eigenvalue weighted by atomic mass is 10.0. The molecule has 3 rings (SSSR count). The average molecular weight is 288 g/mol. The molecule has 0 aromatic carbocycles. The Hall–Kier alpha value is -1.32. The second-order valence-electron chi connectivity index (χ2n) is 6.39. The molecule has 4 nitrogen and oxygen atoms in total. The van der Waals surface area contributed by atoms with Crippen LogP contribution in [0.25, 0.3) is 0 Å². The van der Waals surface area contributed by atoms with E-state index in [1.807, 2.05) is 0 Å². The van der Waals surface area contributed by atoms with Crippen LogP contribution in [0.1, 0.15) is 69.9 Å². The van der Waals surface area contributed by atoms with Gasteiger partial charge in [-0.1, -0.05) is 25.7 Å². The highest BCUT2D eigenvalue weighted by Crippen LogP contribution is 2.34. The monoisotopic (exact) mass is 288 g/mol. The zero-order valence-electron chi connectivity index (χ0n) is 13.3. The van der Waals surface area contributed by atoms with E-state index in [-0.39, 0.29) is 0 Å². The van der Waals surface area contributed by atoms with Gasteiger partial charge in [0.05, 0.1) is 5.69 Å². The largest absolute Gasteiger partial charge is 0.370 e. The van der Waals surface area contributed by atoms with Crippen LogP contribution in [-0.2, 0) is 0 Å². The van der Waals surface area contributed by atoms with Gasteiger partial charge in [0, 0.05) is 31.6 Å². The van der Waals surface area contributed by atoms with Gasteiger partial charge in [0.25, 0.3) is 0 Å². The van der Waals surface area contributed by atoms with Gasteiger partial charge in [-0.15, -0.1) is 0 Å². The van der Waals surface area contributed by atoms with E-state index in [9.17, 15) is 0 Å². The van der Waals surface area contributed by atoms with Crippen molar-refractivity contribution in [3.63, 3.8) is 0 Å². The van der Waals surface area contributed by atoms with Crippen LogP contribution < -0.4 is 10.2 Å². The second kappa shape index (κ2) is 7.10. The predicted molar refractivity (Wildman–Crippen MR) is 88.1 cm³/mol. The molecule has 0 radical (unpaired) electrons. The molecule has 0 bridgehead atoms. The maximum Gasteiger partial charge on any atom is 0.227 e. The zero-order valence-corrected chi connectivity index (χ0v) is 13.3. The molecule has 1 aliphatic carbocycles. The SMILES string of the molecule is CCNc1cc(C2CCCC2)nc(N2CCCCCC2)n1. The van der Waals surface area contributed by atoms with E-state index in [1.165, 1.54) is 57.1 Å². The van der Waals surface area contributed by atoms with Crippen LogP contribution in [0.4, 0.5) is 11.8 Å². The van der Waals surface area contributed by atoms with Crippen LogP contribution in [0.2, 0.25) is 0 Å². The number of nitrogens with zero attached hydrogens (tertiary/aromatic N) is 3. The van der Waals surface area contributed by atoms with E-state index >= 15 is 0 Å². The fraction of sp³-hybridized carbons (Fsp3) is 0.765. The summed E-state index contributed by atoms with van der Waals surface area (Å²) in [4.78, 5) is 12.1. The molecule has 1 aromatic heterocycles. The van der Waals surface area contributed by atoms with Crippen LogP contribution in [0.5, 0.6) is 0 Å². The first-order valence-corrected chi connectivity index (χ1v) is 8.74. The van der Waals surface area contributed by atoms with Crippen molar-refractivity contribution >= 4 is 11.8 Å². The molecular formula is C17H28N4. The average Bonchev–Trinajstić information content (AvgIpc) is 2.90. The Morgan fingerprint density at radius 3 is 2.43 bits per heavy atom. The summed E-state index contributed by atoms with van der Waals surface area (Å²) in [5.74, 6) is 2.61. The summed E-state index contributed by atoms with van der Waals surface area (Å²) in [5, 5.41) is 3.39. The highest BCUT2D eigenvalue weighted by molar-refractivity contribution is 5.44. The maximum atomic E-state index is 4.94. The Labute approximate surface area is 128 Å². The van der Waals surface area contributed by atoms with Gasteiger partial charge in [0.1, 0.15) is 5.82 Å². The number of nitrogens with one attached hydrogen (secondary N) is 1. The number of aromatic nitrogens is 2. The Morgan fingerprint density at radius 1 is 1.05 bits per heavy atom. The molecule has 1 aromatic rings. The van der Waals surface area contributed by atoms with Gasteiger partial charge in [0.2, 0.25) is 5.95 Å². The standard InChI is InChI=1S/C17H28N4/c1-2-18-16-13-15(14-9-5-6-10-14)19-17(20-16)21-11-7-3-4-8-12-21/h13-14H,2-12H2,1H3,(H,18,19,20). The Balaban J connectivity index is 1.86. The van der Waals surface area contributed by atoms with Gasteiger partial charge >= 0.3 is 0 Å². The molecule has 4 heteroatoms. The second-order valence-corrected chi connectivity index (χ2v) is 6.39. The van der Waals surface area contributed by atoms with E-state index in [2.05, 4.69) is 23.2 Å². The third-order valence-electron chi connectivity index (χ3n) is 4.75. The first-order valence-electron chi connectivity index (χ1n) is 8.74. The maximum absolute atomic E-state index is 4.94. The molecule has 1 N–H and O–H groups in total. The van der Waals surface area contributed by atoms with Crippen molar-refractivity contribution in [1.29, 1.82) is 0 Å². The van der Waals surface area contributed by atoms with E-state index < -0.39 is 0 Å². The van der Waals surface area contributed by atoms with Crippen molar-refractivity contribution in [3.05, 3.63) is 11.8 Å². The fourth-order valence-electron chi connectivity index (χ4n) is 3.57. The first-order chi connectivity index (χ1) is 10.4. The van der Waals surface area contributed by atoms with Gasteiger partial charge in [0.15, 0.2) is 0 Å². The molecule has 1 saturated heterocycles. The molecule has 0 amide bonds. The van der Waals surface area contributed by atoms with Crippen molar-refractivity contribution in [3.8, 4) is 0 Å². The van der Waals surface area contributed by atoms with E-state index in [1.54, 1.807) is 0 Å². The van der Waals surface area contributed by atoms with Gasteiger partial charge in [-0.3, -0.25) is 0 Å². The minimum atomic E-state index is 0.649. The number of hydrogen-bond acceptors (Lipinski definition) is 4. The molecular weight excluding hydrogens is 260 g/mol. The van der Waals surface area contributed by atoms with E-state index in [0.29, 0.717) is 5.92 Å². The van der Waals surface area contributed by atoms with E-state index in [0.717, 1.165) is 31.4 Å². The molecule has 0 unspecified atom stereocenters. The van der Waals surface area contributed by atoms with Gasteiger partial charge in [-0.25, -0.2) is 4.98 Å². The number of hydrogen-bond donors (Lipinski definition) is 1. The number of anilines is 2. The molecule has 0 spiro atoms. The van der Waals surface area contributed by atoms with Crippen LogP contribution in [-0.4, -0.2) is 29.6 Å². The highest BCUT2D eigenvalue weighted by atomic mass is 15.3. The van der Waals surface area contributed by atoms with Crippen molar-refractivity contribution in [2.24, 2.45) is 0 Å². The minimum absolute atomic E-state index is 0.649. The van der Waals surface area contributed by atoms with Crippen LogP contribution >= 0.6 is 0 Å². The summed E-state index contributed by atoms with van der Waals surface area (Å²) in [5.41, 5.74) is 1.26. The highest BCUT2D eigenvalue weighted by Gasteiger charge is 2.21. The van der Waals surface area contributed by atoms with Crippen molar-refractivity contribution < 1.29 is 0 Å². The van der Waals surface area contributed by atoms with Crippen molar-refractivity contribution in [1.82, 2.24) is 9.97 Å². The molecule has 1 aliphatic heterocycles. The summed E-state index contributed by atoms with van der Waals surface area (Å²) in [6.07, 6.45) is 10.5. The zero-order chi connectivity index (χ0) is 14.5. The first kappa shape index (κ1) is 14.6. The molecule has 0 atom stereocenters. The van der Waals surface area contributed by atoms with Gasteiger partial charge in [-0.2, -0.15) is 4.98 Å². The van der Waals surface area contributed by atoms with Gasteiger partial charge in [-0.05, 0) is 32.6 Å². The smallest absolute Gasteiger partial charge is 0.227 e. The van der Waals surface area contributed by atoms with Crippen molar-refractivity contribution in [2.45, 2.75) is 64.2 Å². The lowest BCUT2D eigenvalue weighted by Crippen LogP contribution is -2.27. The number of rotatable bonds is 4. The van der Waals surface area contributed by atoms with Gasteiger partial charge < -0.3 is 10.2 Å². The van der Waals surface area contributed by atoms with Crippen LogP contribution in [0.15, 0.2) is 6.07 Å². The third kappa shape index (κ3) is 3.66. The lowest BCUT2D eigenvalue weighted by Gasteiger charge is -2.22. The Bertz CT molecular complexity index is 446. The summed E-state index contributed by atoms with van der Waals surface area (Å²) >= 11 is 0. The molecule has 21 heavy (non-hydrogen) atoms. The molecule has 2 fully saturated rings. The molecule has 2 heterocycles. The topological polar surface area (TPSA) is 41.1 Å². The van der Waals surface area contributed by atoms with Crippen molar-refractivity contribution in [2.75, 3.05) is 29.9 Å². The normalized spacial score (nSPS) is 20.5. The molecule has 1 saturated carbocycles.